The molecule has 2 amide bonds. The van der Waals surface area contributed by atoms with Crippen molar-refractivity contribution < 1.29 is 18.0 Å². The molecule has 1 N–H and O–H groups in total. The van der Waals surface area contributed by atoms with Gasteiger partial charge >= 0.3 is 0 Å². The molecule has 10 heteroatoms. The number of carbonyl (C=O) groups excluding carboxylic acids is 2. The summed E-state index contributed by atoms with van der Waals surface area (Å²) in [5.41, 5.74) is 3.03. The quantitative estimate of drug-likeness (QED) is 0.254. The summed E-state index contributed by atoms with van der Waals surface area (Å²) in [6.07, 6.45) is 1.74. The van der Waals surface area contributed by atoms with Crippen LogP contribution < -0.4 is 9.62 Å². The van der Waals surface area contributed by atoms with Crippen molar-refractivity contribution in [2.24, 2.45) is 0 Å². The maximum Gasteiger partial charge on any atom is 0.243 e. The minimum absolute atomic E-state index is 0.0310. The molecule has 220 valence electrons. The van der Waals surface area contributed by atoms with Gasteiger partial charge in [0.1, 0.15) is 6.04 Å². The molecule has 0 spiro atoms. The lowest BCUT2D eigenvalue weighted by Crippen LogP contribution is -2.51. The molecule has 7 nitrogen and oxygen atoms in total. The fourth-order valence-electron chi connectivity index (χ4n) is 4.56. The van der Waals surface area contributed by atoms with Gasteiger partial charge in [0.25, 0.3) is 0 Å². The van der Waals surface area contributed by atoms with Crippen LogP contribution in [0, 0.1) is 6.92 Å². The van der Waals surface area contributed by atoms with E-state index < -0.39 is 16.1 Å². The van der Waals surface area contributed by atoms with E-state index in [1.54, 1.807) is 36.4 Å². The molecule has 0 aliphatic heterocycles. The highest BCUT2D eigenvalue weighted by molar-refractivity contribution is 7.92. The van der Waals surface area contributed by atoms with Crippen LogP contribution in [0.4, 0.5) is 5.69 Å². The highest BCUT2D eigenvalue weighted by Gasteiger charge is 2.31. The number of hydrogen-bond donors (Lipinski definition) is 1. The lowest BCUT2D eigenvalue weighted by Gasteiger charge is -2.32. The zero-order valence-electron chi connectivity index (χ0n) is 23.8. The molecular weight excluding hydrogens is 581 g/mol. The minimum Gasteiger partial charge on any atom is -0.352 e. The number of nitrogens with zero attached hydrogens (tertiary/aromatic N) is 2. The van der Waals surface area contributed by atoms with Crippen LogP contribution in [0.2, 0.25) is 10.0 Å². The number of hydrogen-bond acceptors (Lipinski definition) is 4. The third kappa shape index (κ3) is 9.76. The number of aryl methyl sites for hydroxylation is 1. The maximum atomic E-state index is 13.9. The Morgan fingerprint density at radius 3 is 2.27 bits per heavy atom. The summed E-state index contributed by atoms with van der Waals surface area (Å²) < 4.78 is 26.5. The van der Waals surface area contributed by atoms with Crippen molar-refractivity contribution in [3.63, 3.8) is 0 Å². The molecule has 0 unspecified atom stereocenters. The van der Waals surface area contributed by atoms with Crippen LogP contribution in [0.25, 0.3) is 0 Å². The summed E-state index contributed by atoms with van der Waals surface area (Å²) >= 11 is 12.6. The minimum atomic E-state index is -3.58. The van der Waals surface area contributed by atoms with Crippen LogP contribution in [0.5, 0.6) is 0 Å². The lowest BCUT2D eigenvalue weighted by atomic mass is 10.0. The Bertz CT molecular complexity index is 1450. The Balaban J connectivity index is 1.91. The normalized spacial score (nSPS) is 12.2. The Morgan fingerprint density at radius 2 is 1.66 bits per heavy atom. The van der Waals surface area contributed by atoms with Gasteiger partial charge in [0.05, 0.1) is 11.9 Å². The molecule has 41 heavy (non-hydrogen) atoms. The summed E-state index contributed by atoms with van der Waals surface area (Å²) in [7, 11) is -3.58. The van der Waals surface area contributed by atoms with Crippen molar-refractivity contribution in [3.05, 3.63) is 99.5 Å². The Labute approximate surface area is 253 Å². The number of carbonyl (C=O) groups is 2. The van der Waals surface area contributed by atoms with Crippen molar-refractivity contribution in [1.29, 1.82) is 0 Å². The van der Waals surface area contributed by atoms with Crippen molar-refractivity contribution in [2.45, 2.75) is 58.7 Å². The first-order chi connectivity index (χ1) is 19.3. The van der Waals surface area contributed by atoms with E-state index in [0.29, 0.717) is 27.7 Å². The van der Waals surface area contributed by atoms with Gasteiger partial charge in [-0.1, -0.05) is 71.7 Å². The zero-order valence-corrected chi connectivity index (χ0v) is 26.1. The Hall–Kier alpha value is -3.07. The number of sulfonamides is 1. The van der Waals surface area contributed by atoms with E-state index >= 15 is 0 Å². The van der Waals surface area contributed by atoms with Crippen LogP contribution in [0.15, 0.2) is 72.8 Å². The van der Waals surface area contributed by atoms with Crippen molar-refractivity contribution in [3.8, 4) is 0 Å². The van der Waals surface area contributed by atoms with Gasteiger partial charge in [-0.15, -0.1) is 0 Å². The van der Waals surface area contributed by atoms with Gasteiger partial charge in [0.15, 0.2) is 0 Å². The van der Waals surface area contributed by atoms with E-state index in [4.69, 9.17) is 23.2 Å². The van der Waals surface area contributed by atoms with Crippen LogP contribution in [-0.2, 0) is 32.6 Å². The van der Waals surface area contributed by atoms with Gasteiger partial charge in [0.2, 0.25) is 21.8 Å². The predicted molar refractivity (Wildman–Crippen MR) is 167 cm³/mol. The molecule has 0 saturated heterocycles. The Morgan fingerprint density at radius 1 is 0.951 bits per heavy atom. The number of nitrogens with one attached hydrogen (secondary N) is 1. The monoisotopic (exact) mass is 617 g/mol. The number of amides is 2. The molecule has 0 aliphatic carbocycles. The average Bonchev–Trinajstić information content (AvgIpc) is 2.89. The number of rotatable bonds is 13. The lowest BCUT2D eigenvalue weighted by molar-refractivity contribution is -0.141. The molecule has 0 aromatic heterocycles. The first-order valence-electron chi connectivity index (χ1n) is 13.5. The highest BCUT2D eigenvalue weighted by Crippen LogP contribution is 2.25. The van der Waals surface area contributed by atoms with Crippen LogP contribution in [0.1, 0.15) is 43.4 Å². The predicted octanol–water partition coefficient (Wildman–Crippen LogP) is 6.01. The summed E-state index contributed by atoms with van der Waals surface area (Å²) in [5, 5.41) is 3.81. The summed E-state index contributed by atoms with van der Waals surface area (Å²) in [5.74, 6) is -0.562. The van der Waals surface area contributed by atoms with E-state index in [2.05, 4.69) is 5.32 Å². The number of halogens is 2. The van der Waals surface area contributed by atoms with E-state index in [9.17, 15) is 18.0 Å². The second kappa shape index (κ2) is 14.7. The fourth-order valence-corrected chi connectivity index (χ4v) is 5.98. The Kier molecular flexibility index (Phi) is 11.6. The van der Waals surface area contributed by atoms with Gasteiger partial charge in [-0.05, 0) is 68.1 Å². The molecule has 3 aromatic carbocycles. The van der Waals surface area contributed by atoms with Gasteiger partial charge < -0.3 is 10.2 Å². The molecule has 0 radical (unpaired) electrons. The molecule has 0 aliphatic rings. The molecule has 0 bridgehead atoms. The summed E-state index contributed by atoms with van der Waals surface area (Å²) in [6.45, 7) is 5.83. The van der Waals surface area contributed by atoms with Crippen molar-refractivity contribution in [2.75, 3.05) is 17.1 Å². The van der Waals surface area contributed by atoms with Gasteiger partial charge in [-0.25, -0.2) is 8.42 Å². The van der Waals surface area contributed by atoms with Gasteiger partial charge in [-0.3, -0.25) is 13.9 Å². The first-order valence-corrected chi connectivity index (χ1v) is 16.1. The van der Waals surface area contributed by atoms with Crippen LogP contribution in [0.3, 0.4) is 0 Å². The third-order valence-electron chi connectivity index (χ3n) is 6.50. The van der Waals surface area contributed by atoms with Crippen LogP contribution in [-0.4, -0.2) is 50.0 Å². The summed E-state index contributed by atoms with van der Waals surface area (Å²) in [6, 6.07) is 20.8. The van der Waals surface area contributed by atoms with Gasteiger partial charge in [0, 0.05) is 42.0 Å². The van der Waals surface area contributed by atoms with E-state index in [1.165, 1.54) is 9.21 Å². The number of anilines is 1. The maximum absolute atomic E-state index is 13.9. The SMILES string of the molecule is Cc1cccc(N(CCCC(=O)N(Cc2ccc(Cl)cc2Cl)[C@@H](Cc2ccccc2)C(=O)NC(C)C)S(C)(=O)=O)c1. The number of benzene rings is 3. The van der Waals surface area contributed by atoms with E-state index in [1.807, 2.05) is 57.2 Å². The molecule has 3 rings (SSSR count). The van der Waals surface area contributed by atoms with Gasteiger partial charge in [-0.2, -0.15) is 0 Å². The standard InChI is InChI=1S/C31H37Cl2N3O4S/c1-22(2)34-31(38)29(19-24-11-6-5-7-12-24)35(21-25-15-16-26(32)20-28(25)33)30(37)14-9-17-36(41(4,39)40)27-13-8-10-23(3)18-27/h5-8,10-13,15-16,18,20,22,29H,9,14,17,19,21H2,1-4H3,(H,34,38)/t29-/m0/s1. The second-order valence-electron chi connectivity index (χ2n) is 10.4. The molecule has 0 heterocycles. The zero-order chi connectivity index (χ0) is 30.2. The fraction of sp³-hybridized carbons (Fsp3) is 0.355. The third-order valence-corrected chi connectivity index (χ3v) is 8.28. The molecule has 0 fully saturated rings. The largest absolute Gasteiger partial charge is 0.352 e. The second-order valence-corrected chi connectivity index (χ2v) is 13.2. The highest BCUT2D eigenvalue weighted by atomic mass is 35.5. The molecular formula is C31H37Cl2N3O4S. The topological polar surface area (TPSA) is 86.8 Å². The molecule has 0 saturated carbocycles. The van der Waals surface area contributed by atoms with Crippen LogP contribution >= 0.6 is 23.2 Å². The van der Waals surface area contributed by atoms with E-state index in [0.717, 1.165) is 17.4 Å². The van der Waals surface area contributed by atoms with Crippen molar-refractivity contribution in [1.82, 2.24) is 10.2 Å². The molecule has 3 aromatic rings. The first kappa shape index (κ1) is 32.4. The smallest absolute Gasteiger partial charge is 0.243 e. The van der Waals surface area contributed by atoms with Crippen molar-refractivity contribution >= 4 is 50.7 Å². The summed E-state index contributed by atoms with van der Waals surface area (Å²) in [4.78, 5) is 28.9. The average molecular weight is 619 g/mol. The molecule has 1 atom stereocenters. The van der Waals surface area contributed by atoms with E-state index in [-0.39, 0.29) is 43.8 Å².